The van der Waals surface area contributed by atoms with E-state index in [9.17, 15) is 9.59 Å². The van der Waals surface area contributed by atoms with Gasteiger partial charge < -0.3 is 10.1 Å². The molecular weight excluding hydrogens is 292 g/mol. The van der Waals surface area contributed by atoms with Crippen LogP contribution in [-0.2, 0) is 14.3 Å². The zero-order chi connectivity index (χ0) is 16.4. The third-order valence-electron chi connectivity index (χ3n) is 4.92. The molecule has 2 aliphatic heterocycles. The first-order chi connectivity index (χ1) is 11.1. The van der Waals surface area contributed by atoms with Crippen LogP contribution in [0.15, 0.2) is 30.3 Å². The Kier molecular flexibility index (Phi) is 4.66. The Morgan fingerprint density at radius 1 is 1.30 bits per heavy atom. The zero-order valence-corrected chi connectivity index (χ0v) is 13.7. The Morgan fingerprint density at radius 2 is 2.04 bits per heavy atom. The van der Waals surface area contributed by atoms with Crippen LogP contribution in [0.1, 0.15) is 38.2 Å². The molecule has 5 nitrogen and oxygen atoms in total. The van der Waals surface area contributed by atoms with Crippen LogP contribution in [0.3, 0.4) is 0 Å². The summed E-state index contributed by atoms with van der Waals surface area (Å²) in [5.74, 6) is -0.294. The van der Waals surface area contributed by atoms with Crippen LogP contribution >= 0.6 is 0 Å². The van der Waals surface area contributed by atoms with Crippen molar-refractivity contribution < 1.29 is 14.3 Å². The smallest absolute Gasteiger partial charge is 0.324 e. The molecule has 1 aromatic carbocycles. The van der Waals surface area contributed by atoms with E-state index in [1.165, 1.54) is 0 Å². The van der Waals surface area contributed by atoms with E-state index in [2.05, 4.69) is 10.2 Å². The van der Waals surface area contributed by atoms with Crippen LogP contribution in [0.2, 0.25) is 0 Å². The third kappa shape index (κ3) is 2.98. The standard InChI is InChI=1S/C18H24N2O3/c1-3-23-18(22)17-15(13-8-5-4-6-9-13)16(19-12(2)21)14-10-7-11-20(14)17/h4-6,8-9,14-17H,3,7,10-11H2,1-2H3,(H,19,21)/t14-,15-,16+,17+/m1/s1. The van der Waals surface area contributed by atoms with Crippen molar-refractivity contribution >= 4 is 11.9 Å². The van der Waals surface area contributed by atoms with Crippen molar-refractivity contribution in [2.75, 3.05) is 13.2 Å². The summed E-state index contributed by atoms with van der Waals surface area (Å²) < 4.78 is 5.35. The Hall–Kier alpha value is -1.88. The lowest BCUT2D eigenvalue weighted by Crippen LogP contribution is -2.43. The molecule has 2 fully saturated rings. The van der Waals surface area contributed by atoms with Crippen molar-refractivity contribution in [2.45, 2.75) is 50.7 Å². The minimum absolute atomic E-state index is 0.0488. The molecule has 1 N–H and O–H groups in total. The van der Waals surface area contributed by atoms with Gasteiger partial charge in [0, 0.05) is 18.9 Å². The number of hydrogen-bond acceptors (Lipinski definition) is 4. The van der Waals surface area contributed by atoms with E-state index in [4.69, 9.17) is 4.74 Å². The number of rotatable bonds is 4. The number of benzene rings is 1. The molecule has 124 valence electrons. The monoisotopic (exact) mass is 316 g/mol. The van der Waals surface area contributed by atoms with Gasteiger partial charge in [-0.15, -0.1) is 0 Å². The van der Waals surface area contributed by atoms with E-state index in [0.29, 0.717) is 6.61 Å². The first-order valence-electron chi connectivity index (χ1n) is 8.38. The van der Waals surface area contributed by atoms with Gasteiger partial charge in [-0.25, -0.2) is 0 Å². The third-order valence-corrected chi connectivity index (χ3v) is 4.92. The van der Waals surface area contributed by atoms with Gasteiger partial charge in [-0.1, -0.05) is 30.3 Å². The summed E-state index contributed by atoms with van der Waals surface area (Å²) in [6.45, 7) is 4.63. The van der Waals surface area contributed by atoms with Crippen LogP contribution < -0.4 is 5.32 Å². The number of fused-ring (bicyclic) bond motifs is 1. The van der Waals surface area contributed by atoms with E-state index in [-0.39, 0.29) is 35.9 Å². The quantitative estimate of drug-likeness (QED) is 0.859. The van der Waals surface area contributed by atoms with Crippen molar-refractivity contribution in [2.24, 2.45) is 0 Å². The Morgan fingerprint density at radius 3 is 2.70 bits per heavy atom. The van der Waals surface area contributed by atoms with E-state index < -0.39 is 0 Å². The number of amides is 1. The summed E-state index contributed by atoms with van der Waals surface area (Å²) in [5, 5.41) is 3.10. The number of nitrogens with zero attached hydrogens (tertiary/aromatic N) is 1. The second kappa shape index (κ2) is 6.71. The number of carbonyl (C=O) groups is 2. The van der Waals surface area contributed by atoms with Crippen molar-refractivity contribution in [3.8, 4) is 0 Å². The van der Waals surface area contributed by atoms with E-state index >= 15 is 0 Å². The van der Waals surface area contributed by atoms with Gasteiger partial charge in [-0.2, -0.15) is 0 Å². The first-order valence-corrected chi connectivity index (χ1v) is 8.38. The fourth-order valence-electron chi connectivity index (χ4n) is 4.18. The van der Waals surface area contributed by atoms with Crippen molar-refractivity contribution in [1.82, 2.24) is 10.2 Å². The van der Waals surface area contributed by atoms with Crippen LogP contribution in [0.25, 0.3) is 0 Å². The Labute approximate surface area is 137 Å². The SMILES string of the molecule is CCOC(=O)[C@@H]1[C@H](c2ccccc2)[C@@H](NC(C)=O)[C@H]2CCCN21. The van der Waals surface area contributed by atoms with Gasteiger partial charge in [0.1, 0.15) is 6.04 Å². The average molecular weight is 316 g/mol. The normalized spacial score (nSPS) is 30.0. The molecule has 0 spiro atoms. The summed E-state index contributed by atoms with van der Waals surface area (Å²) in [5.41, 5.74) is 1.08. The lowest BCUT2D eigenvalue weighted by Gasteiger charge is -2.26. The number of nitrogens with one attached hydrogen (secondary N) is 1. The molecule has 2 heterocycles. The highest BCUT2D eigenvalue weighted by Crippen LogP contribution is 2.43. The predicted molar refractivity (Wildman–Crippen MR) is 86.9 cm³/mol. The van der Waals surface area contributed by atoms with Gasteiger partial charge in [0.05, 0.1) is 12.6 Å². The molecule has 1 aromatic rings. The number of ether oxygens (including phenoxy) is 1. The molecule has 1 amide bonds. The zero-order valence-electron chi connectivity index (χ0n) is 13.7. The van der Waals surface area contributed by atoms with Crippen molar-refractivity contribution in [3.63, 3.8) is 0 Å². The highest BCUT2D eigenvalue weighted by molar-refractivity contribution is 5.79. The van der Waals surface area contributed by atoms with Crippen molar-refractivity contribution in [1.29, 1.82) is 0 Å². The summed E-state index contributed by atoms with van der Waals surface area (Å²) in [6.07, 6.45) is 2.06. The molecular formula is C18H24N2O3. The van der Waals surface area contributed by atoms with Gasteiger partial charge in [0.15, 0.2) is 0 Å². The predicted octanol–water partition coefficient (Wildman–Crippen LogP) is 1.68. The molecule has 2 aliphatic rings. The summed E-state index contributed by atoms with van der Waals surface area (Å²) >= 11 is 0. The maximum Gasteiger partial charge on any atom is 0.324 e. The van der Waals surface area contributed by atoms with Gasteiger partial charge in [-0.3, -0.25) is 14.5 Å². The van der Waals surface area contributed by atoms with Crippen LogP contribution in [0, 0.1) is 0 Å². The number of esters is 1. The highest BCUT2D eigenvalue weighted by atomic mass is 16.5. The van der Waals surface area contributed by atoms with E-state index in [0.717, 1.165) is 24.9 Å². The molecule has 23 heavy (non-hydrogen) atoms. The molecule has 0 radical (unpaired) electrons. The van der Waals surface area contributed by atoms with Gasteiger partial charge in [0.2, 0.25) is 5.91 Å². The Bertz CT molecular complexity index is 575. The summed E-state index contributed by atoms with van der Waals surface area (Å²) in [6, 6.07) is 9.83. The lowest BCUT2D eigenvalue weighted by atomic mass is 9.85. The second-order valence-corrected chi connectivity index (χ2v) is 6.31. The molecule has 0 aliphatic carbocycles. The summed E-state index contributed by atoms with van der Waals surface area (Å²) in [7, 11) is 0. The fraction of sp³-hybridized carbons (Fsp3) is 0.556. The molecule has 0 bridgehead atoms. The molecule has 3 rings (SSSR count). The molecule has 0 unspecified atom stereocenters. The van der Waals surface area contributed by atoms with Gasteiger partial charge in [0.25, 0.3) is 0 Å². The minimum Gasteiger partial charge on any atom is -0.465 e. The topological polar surface area (TPSA) is 58.6 Å². The summed E-state index contributed by atoms with van der Waals surface area (Å²) in [4.78, 5) is 26.6. The maximum atomic E-state index is 12.6. The van der Waals surface area contributed by atoms with Crippen molar-refractivity contribution in [3.05, 3.63) is 35.9 Å². The average Bonchev–Trinajstić information content (AvgIpc) is 3.09. The van der Waals surface area contributed by atoms with Crippen LogP contribution in [0.4, 0.5) is 0 Å². The Balaban J connectivity index is 2.00. The second-order valence-electron chi connectivity index (χ2n) is 6.31. The van der Waals surface area contributed by atoms with Crippen LogP contribution in [0.5, 0.6) is 0 Å². The molecule has 4 atom stereocenters. The molecule has 0 aromatic heterocycles. The molecule has 0 saturated carbocycles. The van der Waals surface area contributed by atoms with Gasteiger partial charge in [-0.05, 0) is 31.9 Å². The highest BCUT2D eigenvalue weighted by Gasteiger charge is 2.54. The minimum atomic E-state index is -0.318. The largest absolute Gasteiger partial charge is 0.465 e. The number of carbonyl (C=O) groups excluding carboxylic acids is 2. The lowest BCUT2D eigenvalue weighted by molar-refractivity contribution is -0.149. The van der Waals surface area contributed by atoms with E-state index in [1.807, 2.05) is 37.3 Å². The van der Waals surface area contributed by atoms with Gasteiger partial charge >= 0.3 is 5.97 Å². The first kappa shape index (κ1) is 16.0. The molecule has 2 saturated heterocycles. The maximum absolute atomic E-state index is 12.6. The molecule has 5 heteroatoms. The fourth-order valence-corrected chi connectivity index (χ4v) is 4.18. The number of hydrogen-bond donors (Lipinski definition) is 1. The van der Waals surface area contributed by atoms with E-state index in [1.54, 1.807) is 6.92 Å². The van der Waals surface area contributed by atoms with Crippen LogP contribution in [-0.4, -0.2) is 48.1 Å².